The summed E-state index contributed by atoms with van der Waals surface area (Å²) in [5.74, 6) is 1.51. The van der Waals surface area contributed by atoms with Crippen molar-refractivity contribution in [1.29, 1.82) is 0 Å². The number of halogens is 2. The lowest BCUT2D eigenvalue weighted by molar-refractivity contribution is 0.171. The molecule has 3 rings (SSSR count). The Morgan fingerprint density at radius 3 is 2.33 bits per heavy atom. The first kappa shape index (κ1) is 14.9. The van der Waals surface area contributed by atoms with Gasteiger partial charge >= 0.3 is 0 Å². The van der Waals surface area contributed by atoms with Crippen LogP contribution in [0.15, 0.2) is 39.3 Å². The maximum Gasteiger partial charge on any atom is 0.162 e. The minimum atomic E-state index is -0.230. The molecule has 1 aliphatic rings. The number of ether oxygens (including phenoxy) is 2. The molecule has 0 bridgehead atoms. The third kappa shape index (κ3) is 2.96. The molecule has 110 valence electrons. The van der Waals surface area contributed by atoms with Crippen LogP contribution in [0.2, 0.25) is 0 Å². The molecule has 2 aromatic carbocycles. The fraction of sp³-hybridized carbons (Fsp3) is 0.250. The Labute approximate surface area is 140 Å². The van der Waals surface area contributed by atoms with E-state index >= 15 is 0 Å². The topological polar surface area (TPSA) is 44.5 Å². The lowest BCUT2D eigenvalue weighted by Crippen LogP contribution is -2.17. The highest BCUT2D eigenvalue weighted by Crippen LogP contribution is 2.39. The molecule has 0 amide bonds. The summed E-state index contributed by atoms with van der Waals surface area (Å²) in [5.41, 5.74) is 9.64. The van der Waals surface area contributed by atoms with Gasteiger partial charge in [-0.2, -0.15) is 0 Å². The van der Waals surface area contributed by atoms with Crippen LogP contribution in [0.5, 0.6) is 11.5 Å². The van der Waals surface area contributed by atoms with E-state index in [1.807, 2.05) is 18.2 Å². The van der Waals surface area contributed by atoms with Gasteiger partial charge < -0.3 is 15.2 Å². The largest absolute Gasteiger partial charge is 0.486 e. The zero-order valence-corrected chi connectivity index (χ0v) is 14.7. The molecule has 0 aromatic heterocycles. The number of benzene rings is 2. The fourth-order valence-electron chi connectivity index (χ4n) is 2.30. The number of aryl methyl sites for hydroxylation is 1. The van der Waals surface area contributed by atoms with Crippen molar-refractivity contribution in [3.8, 4) is 11.5 Å². The van der Waals surface area contributed by atoms with Crippen LogP contribution in [0.25, 0.3) is 0 Å². The smallest absolute Gasteiger partial charge is 0.162 e. The summed E-state index contributed by atoms with van der Waals surface area (Å²) in [7, 11) is 0. The quantitative estimate of drug-likeness (QED) is 0.797. The van der Waals surface area contributed by atoms with Crippen molar-refractivity contribution in [2.45, 2.75) is 13.0 Å². The van der Waals surface area contributed by atoms with Crippen LogP contribution in [0.4, 0.5) is 0 Å². The Morgan fingerprint density at radius 1 is 1.00 bits per heavy atom. The van der Waals surface area contributed by atoms with Crippen LogP contribution in [0.1, 0.15) is 22.7 Å². The van der Waals surface area contributed by atoms with E-state index in [0.29, 0.717) is 13.2 Å². The highest BCUT2D eigenvalue weighted by atomic mass is 79.9. The maximum absolute atomic E-state index is 6.42. The molecule has 1 heterocycles. The van der Waals surface area contributed by atoms with Crippen LogP contribution in [0, 0.1) is 6.92 Å². The standard InChI is InChI=1S/C16H15Br2NO2/c1-9-2-3-10(6-12(9)17)16(19)11-7-14-15(8-13(11)18)21-5-4-20-14/h2-3,6-8,16H,4-5,19H2,1H3. The number of hydrogen-bond donors (Lipinski definition) is 1. The van der Waals surface area contributed by atoms with Crippen LogP contribution in [-0.2, 0) is 0 Å². The summed E-state index contributed by atoms with van der Waals surface area (Å²) in [6, 6.07) is 9.82. The van der Waals surface area contributed by atoms with Gasteiger partial charge in [-0.25, -0.2) is 0 Å². The van der Waals surface area contributed by atoms with Gasteiger partial charge in [-0.15, -0.1) is 0 Å². The van der Waals surface area contributed by atoms with Crippen molar-refractivity contribution in [2.24, 2.45) is 5.73 Å². The van der Waals surface area contributed by atoms with Gasteiger partial charge in [-0.3, -0.25) is 0 Å². The van der Waals surface area contributed by atoms with Gasteiger partial charge in [0.25, 0.3) is 0 Å². The highest BCUT2D eigenvalue weighted by Gasteiger charge is 2.19. The van der Waals surface area contributed by atoms with Crippen molar-refractivity contribution in [3.05, 3.63) is 56.0 Å². The molecule has 0 aliphatic carbocycles. The Kier molecular flexibility index (Phi) is 4.24. The first-order valence-corrected chi connectivity index (χ1v) is 8.25. The average Bonchev–Trinajstić information content (AvgIpc) is 2.48. The maximum atomic E-state index is 6.42. The van der Waals surface area contributed by atoms with E-state index in [9.17, 15) is 0 Å². The summed E-state index contributed by atoms with van der Waals surface area (Å²) in [4.78, 5) is 0. The van der Waals surface area contributed by atoms with Crippen LogP contribution < -0.4 is 15.2 Å². The molecule has 21 heavy (non-hydrogen) atoms. The number of fused-ring (bicyclic) bond motifs is 1. The molecule has 2 aromatic rings. The molecule has 2 N–H and O–H groups in total. The monoisotopic (exact) mass is 411 g/mol. The van der Waals surface area contributed by atoms with Crippen molar-refractivity contribution in [3.63, 3.8) is 0 Å². The van der Waals surface area contributed by atoms with Gasteiger partial charge in [0.05, 0.1) is 6.04 Å². The van der Waals surface area contributed by atoms with Crippen molar-refractivity contribution in [2.75, 3.05) is 13.2 Å². The first-order valence-electron chi connectivity index (χ1n) is 6.67. The second-order valence-corrected chi connectivity index (χ2v) is 6.71. The normalized spacial score (nSPS) is 14.9. The van der Waals surface area contributed by atoms with E-state index in [1.54, 1.807) is 0 Å². The number of nitrogens with two attached hydrogens (primary N) is 1. The van der Waals surface area contributed by atoms with Crippen LogP contribution in [-0.4, -0.2) is 13.2 Å². The van der Waals surface area contributed by atoms with E-state index < -0.39 is 0 Å². The summed E-state index contributed by atoms with van der Waals surface area (Å²) >= 11 is 7.13. The summed E-state index contributed by atoms with van der Waals surface area (Å²) in [6.45, 7) is 3.20. The zero-order valence-electron chi connectivity index (χ0n) is 11.5. The summed E-state index contributed by atoms with van der Waals surface area (Å²) < 4.78 is 13.2. The third-order valence-corrected chi connectivity index (χ3v) is 5.09. The molecule has 0 saturated carbocycles. The van der Waals surface area contributed by atoms with Crippen molar-refractivity contribution >= 4 is 31.9 Å². The Morgan fingerprint density at radius 2 is 1.67 bits per heavy atom. The first-order chi connectivity index (χ1) is 10.1. The molecule has 1 aliphatic heterocycles. The number of hydrogen-bond acceptors (Lipinski definition) is 3. The predicted octanol–water partition coefficient (Wildman–Crippen LogP) is 4.34. The lowest BCUT2D eigenvalue weighted by Gasteiger charge is -2.22. The van der Waals surface area contributed by atoms with E-state index in [2.05, 4.69) is 50.9 Å². The van der Waals surface area contributed by atoms with E-state index in [-0.39, 0.29) is 6.04 Å². The Balaban J connectivity index is 2.00. The molecular formula is C16H15Br2NO2. The van der Waals surface area contributed by atoms with Gasteiger partial charge in [0.15, 0.2) is 11.5 Å². The highest BCUT2D eigenvalue weighted by molar-refractivity contribution is 9.10. The molecular weight excluding hydrogens is 398 g/mol. The fourth-order valence-corrected chi connectivity index (χ4v) is 3.27. The van der Waals surface area contributed by atoms with Gasteiger partial charge in [-0.05, 0) is 41.8 Å². The van der Waals surface area contributed by atoms with E-state index in [1.165, 1.54) is 5.56 Å². The summed E-state index contributed by atoms with van der Waals surface area (Å²) in [5, 5.41) is 0. The van der Waals surface area contributed by atoms with Crippen molar-refractivity contribution in [1.82, 2.24) is 0 Å². The molecule has 0 fully saturated rings. The third-order valence-electron chi connectivity index (χ3n) is 3.55. The number of rotatable bonds is 2. The van der Waals surface area contributed by atoms with Crippen LogP contribution >= 0.6 is 31.9 Å². The van der Waals surface area contributed by atoms with Gasteiger partial charge in [-0.1, -0.05) is 44.0 Å². The van der Waals surface area contributed by atoms with Gasteiger partial charge in [0.2, 0.25) is 0 Å². The average molecular weight is 413 g/mol. The molecule has 3 nitrogen and oxygen atoms in total. The zero-order chi connectivity index (χ0) is 15.0. The minimum absolute atomic E-state index is 0.230. The predicted molar refractivity (Wildman–Crippen MR) is 90.0 cm³/mol. The van der Waals surface area contributed by atoms with E-state index in [0.717, 1.165) is 31.6 Å². The SMILES string of the molecule is Cc1ccc(C(N)c2cc3c(cc2Br)OCCO3)cc1Br. The molecule has 1 unspecified atom stereocenters. The molecule has 0 radical (unpaired) electrons. The molecule has 0 spiro atoms. The van der Waals surface area contributed by atoms with Crippen LogP contribution in [0.3, 0.4) is 0 Å². The van der Waals surface area contributed by atoms with E-state index in [4.69, 9.17) is 15.2 Å². The second kappa shape index (κ2) is 5.99. The second-order valence-electron chi connectivity index (χ2n) is 5.00. The van der Waals surface area contributed by atoms with Gasteiger partial charge in [0, 0.05) is 8.95 Å². The minimum Gasteiger partial charge on any atom is -0.486 e. The van der Waals surface area contributed by atoms with Gasteiger partial charge in [0.1, 0.15) is 13.2 Å². The molecule has 1 atom stereocenters. The molecule has 5 heteroatoms. The Bertz CT molecular complexity index is 688. The molecule has 0 saturated heterocycles. The summed E-state index contributed by atoms with van der Waals surface area (Å²) in [6.07, 6.45) is 0. The Hall–Kier alpha value is -1.04. The van der Waals surface area contributed by atoms with Crippen molar-refractivity contribution < 1.29 is 9.47 Å². The lowest BCUT2D eigenvalue weighted by atomic mass is 9.98.